The first kappa shape index (κ1) is 14.5. The largest absolute Gasteiger partial charge is 0.379 e. The van der Waals surface area contributed by atoms with Gasteiger partial charge < -0.3 is 4.74 Å². The molecule has 1 aliphatic rings. The molecule has 3 heteroatoms. The topological polar surface area (TPSA) is 45.0 Å². The normalized spacial score (nSPS) is 21.8. The maximum Gasteiger partial charge on any atom is 0.106 e. The molecule has 0 spiro atoms. The number of nitrogens with zero attached hydrogens (tertiary/aromatic N) is 1. The molecule has 0 amide bonds. The van der Waals surface area contributed by atoms with Crippen LogP contribution in [0.1, 0.15) is 59.3 Å². The number of rotatable bonds is 5. The first-order valence-corrected chi connectivity index (χ1v) is 6.65. The second-order valence-corrected chi connectivity index (χ2v) is 6.06. The van der Waals surface area contributed by atoms with E-state index >= 15 is 0 Å². The maximum absolute atomic E-state index is 9.41. The van der Waals surface area contributed by atoms with Crippen LogP contribution < -0.4 is 5.32 Å². The molecule has 1 fully saturated rings. The molecule has 1 rings (SSSR count). The molecular weight excluding hydrogens is 212 g/mol. The van der Waals surface area contributed by atoms with E-state index in [0.29, 0.717) is 12.5 Å². The molecule has 17 heavy (non-hydrogen) atoms. The minimum absolute atomic E-state index is 0.258. The molecule has 0 aromatic carbocycles. The van der Waals surface area contributed by atoms with Crippen LogP contribution in [0.3, 0.4) is 0 Å². The fraction of sp³-hybridized carbons (Fsp3) is 0.929. The minimum Gasteiger partial charge on any atom is -0.379 e. The van der Waals surface area contributed by atoms with E-state index in [1.807, 2.05) is 20.8 Å². The number of hydrogen-bond acceptors (Lipinski definition) is 3. The van der Waals surface area contributed by atoms with Gasteiger partial charge in [0.05, 0.1) is 11.7 Å². The smallest absolute Gasteiger partial charge is 0.106 e. The van der Waals surface area contributed by atoms with Crippen molar-refractivity contribution < 1.29 is 4.74 Å². The molecule has 1 atom stereocenters. The number of ether oxygens (including phenoxy) is 1. The Bertz CT molecular complexity index is 276. The number of nitrogens with one attached hydrogen (secondary N) is 1. The third-order valence-electron chi connectivity index (χ3n) is 3.71. The molecule has 0 aromatic rings. The van der Waals surface area contributed by atoms with Crippen LogP contribution in [0.25, 0.3) is 0 Å². The van der Waals surface area contributed by atoms with Crippen LogP contribution in [0.15, 0.2) is 0 Å². The van der Waals surface area contributed by atoms with Gasteiger partial charge in [-0.15, -0.1) is 0 Å². The van der Waals surface area contributed by atoms with E-state index in [0.717, 1.165) is 0 Å². The van der Waals surface area contributed by atoms with Gasteiger partial charge in [0.2, 0.25) is 0 Å². The Hall–Kier alpha value is -0.590. The van der Waals surface area contributed by atoms with Crippen LogP contribution in [0.5, 0.6) is 0 Å². The van der Waals surface area contributed by atoms with Crippen molar-refractivity contribution in [3.8, 4) is 6.07 Å². The van der Waals surface area contributed by atoms with Gasteiger partial charge in [-0.2, -0.15) is 5.26 Å². The first-order chi connectivity index (χ1) is 7.91. The van der Waals surface area contributed by atoms with Crippen molar-refractivity contribution >= 4 is 0 Å². The van der Waals surface area contributed by atoms with Gasteiger partial charge in [-0.1, -0.05) is 19.3 Å². The van der Waals surface area contributed by atoms with Crippen LogP contribution in [-0.4, -0.2) is 24.3 Å². The molecule has 0 heterocycles. The van der Waals surface area contributed by atoms with E-state index < -0.39 is 5.54 Å². The Morgan fingerprint density at radius 2 is 1.82 bits per heavy atom. The lowest BCUT2D eigenvalue weighted by molar-refractivity contribution is -0.000713. The summed E-state index contributed by atoms with van der Waals surface area (Å²) in [6, 6.07) is 2.93. The standard InChI is InChI=1S/C14H26N2O/c1-13(2,17-4)10-14(3,11-15)16-12-8-6-5-7-9-12/h12,16H,5-10H2,1-4H3. The Morgan fingerprint density at radius 3 is 2.29 bits per heavy atom. The summed E-state index contributed by atoms with van der Waals surface area (Å²) >= 11 is 0. The van der Waals surface area contributed by atoms with Crippen LogP contribution >= 0.6 is 0 Å². The lowest BCUT2D eigenvalue weighted by Gasteiger charge is -2.36. The van der Waals surface area contributed by atoms with Crippen LogP contribution in [0.2, 0.25) is 0 Å². The highest BCUT2D eigenvalue weighted by molar-refractivity contribution is 5.08. The summed E-state index contributed by atoms with van der Waals surface area (Å²) in [4.78, 5) is 0. The summed E-state index contributed by atoms with van der Waals surface area (Å²) in [6.45, 7) is 6.05. The zero-order valence-corrected chi connectivity index (χ0v) is 11.7. The Morgan fingerprint density at radius 1 is 1.24 bits per heavy atom. The first-order valence-electron chi connectivity index (χ1n) is 6.65. The van der Waals surface area contributed by atoms with Gasteiger partial charge in [-0.25, -0.2) is 0 Å². The molecule has 1 unspecified atom stereocenters. The van der Waals surface area contributed by atoms with Crippen molar-refractivity contribution in [2.45, 2.75) is 76.5 Å². The number of nitriles is 1. The quantitative estimate of drug-likeness (QED) is 0.800. The van der Waals surface area contributed by atoms with Gasteiger partial charge in [0, 0.05) is 19.6 Å². The van der Waals surface area contributed by atoms with Gasteiger partial charge in [-0.3, -0.25) is 5.32 Å². The lowest BCUT2D eigenvalue weighted by Crippen LogP contribution is -2.51. The van der Waals surface area contributed by atoms with Crippen molar-refractivity contribution in [1.82, 2.24) is 5.32 Å². The molecule has 0 bridgehead atoms. The van der Waals surface area contributed by atoms with Crippen molar-refractivity contribution in [2.24, 2.45) is 0 Å². The van der Waals surface area contributed by atoms with Crippen molar-refractivity contribution in [1.29, 1.82) is 5.26 Å². The highest BCUT2D eigenvalue weighted by atomic mass is 16.5. The summed E-state index contributed by atoms with van der Waals surface area (Å²) in [5, 5.41) is 12.9. The fourth-order valence-electron chi connectivity index (χ4n) is 2.74. The highest BCUT2D eigenvalue weighted by Gasteiger charge is 2.34. The molecular formula is C14H26N2O. The van der Waals surface area contributed by atoms with Gasteiger partial charge in [0.15, 0.2) is 0 Å². The van der Waals surface area contributed by atoms with E-state index in [1.54, 1.807) is 7.11 Å². The van der Waals surface area contributed by atoms with E-state index in [1.165, 1.54) is 32.1 Å². The third kappa shape index (κ3) is 4.65. The summed E-state index contributed by atoms with van der Waals surface area (Å²) in [6.07, 6.45) is 7.02. The lowest BCUT2D eigenvalue weighted by atomic mass is 9.86. The molecule has 98 valence electrons. The van der Waals surface area contributed by atoms with Crippen LogP contribution in [0.4, 0.5) is 0 Å². The highest BCUT2D eigenvalue weighted by Crippen LogP contribution is 2.26. The van der Waals surface area contributed by atoms with E-state index in [-0.39, 0.29) is 5.60 Å². The van der Waals surface area contributed by atoms with Gasteiger partial charge in [0.25, 0.3) is 0 Å². The summed E-state index contributed by atoms with van der Waals surface area (Å²) in [5.74, 6) is 0. The predicted octanol–water partition coefficient (Wildman–Crippen LogP) is 3.01. The zero-order valence-electron chi connectivity index (χ0n) is 11.7. The molecule has 0 aromatic heterocycles. The third-order valence-corrected chi connectivity index (χ3v) is 3.71. The SMILES string of the molecule is COC(C)(C)CC(C)(C#N)NC1CCCCC1. The molecule has 0 saturated heterocycles. The van der Waals surface area contributed by atoms with Gasteiger partial charge >= 0.3 is 0 Å². The Labute approximate surface area is 106 Å². The molecule has 1 saturated carbocycles. The molecule has 0 aliphatic heterocycles. The average Bonchev–Trinajstić information content (AvgIpc) is 2.29. The zero-order chi connectivity index (χ0) is 12.9. The number of methoxy groups -OCH3 is 1. The van der Waals surface area contributed by atoms with Crippen molar-refractivity contribution in [3.05, 3.63) is 0 Å². The van der Waals surface area contributed by atoms with Crippen LogP contribution in [-0.2, 0) is 4.74 Å². The van der Waals surface area contributed by atoms with E-state index in [4.69, 9.17) is 4.74 Å². The molecule has 1 aliphatic carbocycles. The summed E-state index contributed by atoms with van der Waals surface area (Å²) < 4.78 is 5.43. The summed E-state index contributed by atoms with van der Waals surface area (Å²) in [7, 11) is 1.71. The predicted molar refractivity (Wildman–Crippen MR) is 69.7 cm³/mol. The fourth-order valence-corrected chi connectivity index (χ4v) is 2.74. The number of hydrogen-bond donors (Lipinski definition) is 1. The maximum atomic E-state index is 9.41. The minimum atomic E-state index is -0.485. The average molecular weight is 238 g/mol. The molecule has 3 nitrogen and oxygen atoms in total. The van der Waals surface area contributed by atoms with Crippen molar-refractivity contribution in [3.63, 3.8) is 0 Å². The monoisotopic (exact) mass is 238 g/mol. The Kier molecular flexibility index (Phi) is 4.97. The van der Waals surface area contributed by atoms with Gasteiger partial charge in [-0.05, 0) is 33.6 Å². The van der Waals surface area contributed by atoms with Crippen molar-refractivity contribution in [2.75, 3.05) is 7.11 Å². The Balaban J connectivity index is 2.58. The van der Waals surface area contributed by atoms with E-state index in [9.17, 15) is 5.26 Å². The van der Waals surface area contributed by atoms with E-state index in [2.05, 4.69) is 11.4 Å². The van der Waals surface area contributed by atoms with Gasteiger partial charge in [0.1, 0.15) is 5.54 Å². The second kappa shape index (κ2) is 5.84. The molecule has 0 radical (unpaired) electrons. The summed E-state index contributed by atoms with van der Waals surface area (Å²) in [5.41, 5.74) is -0.742. The van der Waals surface area contributed by atoms with Crippen LogP contribution in [0, 0.1) is 11.3 Å². The second-order valence-electron chi connectivity index (χ2n) is 6.06. The molecule has 1 N–H and O–H groups in total.